The number of hydrogen-bond donors (Lipinski definition) is 2. The number of carbonyl (C=O) groups excluding carboxylic acids is 2. The van der Waals surface area contributed by atoms with E-state index >= 15 is 0 Å². The van der Waals surface area contributed by atoms with Crippen molar-refractivity contribution in [3.8, 4) is 5.75 Å². The molecule has 3 rings (SSSR count). The molecule has 1 atom stereocenters. The Morgan fingerprint density at radius 1 is 1.12 bits per heavy atom. The predicted octanol–water partition coefficient (Wildman–Crippen LogP) is 2.81. The van der Waals surface area contributed by atoms with Crippen molar-refractivity contribution in [2.24, 2.45) is 5.10 Å². The Bertz CT molecular complexity index is 854. The number of nitrogens with one attached hydrogen (secondary N) is 1. The molecule has 1 heterocycles. The van der Waals surface area contributed by atoms with E-state index in [1.165, 1.54) is 6.21 Å². The van der Waals surface area contributed by atoms with Crippen LogP contribution in [0.4, 0.5) is 4.79 Å². The molecule has 1 saturated heterocycles. The average Bonchev–Trinajstić information content (AvgIpc) is 2.81. The summed E-state index contributed by atoms with van der Waals surface area (Å²) >= 11 is 0. The monoisotopic (exact) mass is 337 g/mol. The summed E-state index contributed by atoms with van der Waals surface area (Å²) in [5.41, 5.74) is 1.65. The van der Waals surface area contributed by atoms with Crippen LogP contribution in [0.1, 0.15) is 29.2 Å². The number of benzene rings is 2. The molecule has 2 N–H and O–H groups in total. The van der Waals surface area contributed by atoms with Crippen LogP contribution < -0.4 is 5.32 Å². The Morgan fingerprint density at radius 2 is 1.72 bits per heavy atom. The topological polar surface area (TPSA) is 82.0 Å². The lowest BCUT2D eigenvalue weighted by atomic mass is 9.92. The molecule has 1 aliphatic rings. The maximum Gasteiger partial charge on any atom is 0.346 e. The molecule has 0 radical (unpaired) electrons. The number of hydrazone groups is 1. The van der Waals surface area contributed by atoms with Gasteiger partial charge in [-0.15, -0.1) is 5.01 Å². The second-order valence-corrected chi connectivity index (χ2v) is 6.29. The van der Waals surface area contributed by atoms with Crippen molar-refractivity contribution < 1.29 is 14.7 Å². The number of phenolic OH excluding ortho intramolecular Hbond substituents is 1. The van der Waals surface area contributed by atoms with E-state index in [2.05, 4.69) is 10.4 Å². The number of aryl methyl sites for hydroxylation is 2. The lowest BCUT2D eigenvalue weighted by Crippen LogP contribution is -2.40. The fourth-order valence-corrected chi connectivity index (χ4v) is 2.88. The third-order valence-electron chi connectivity index (χ3n) is 4.36. The van der Waals surface area contributed by atoms with E-state index in [1.807, 2.05) is 18.2 Å². The normalized spacial score (nSPS) is 20.4. The lowest BCUT2D eigenvalue weighted by Gasteiger charge is -2.20. The van der Waals surface area contributed by atoms with Gasteiger partial charge in [-0.3, -0.25) is 4.79 Å². The van der Waals surface area contributed by atoms with Crippen LogP contribution in [0.2, 0.25) is 0 Å². The van der Waals surface area contributed by atoms with Crippen molar-refractivity contribution >= 4 is 18.2 Å². The Morgan fingerprint density at radius 3 is 2.32 bits per heavy atom. The fourth-order valence-electron chi connectivity index (χ4n) is 2.88. The molecular formula is C19H19N3O3. The highest BCUT2D eigenvalue weighted by atomic mass is 16.3. The number of hydrogen-bond acceptors (Lipinski definition) is 4. The quantitative estimate of drug-likeness (QED) is 0.667. The average molecular weight is 337 g/mol. The molecule has 0 unspecified atom stereocenters. The molecule has 2 aromatic rings. The smallest absolute Gasteiger partial charge is 0.346 e. The van der Waals surface area contributed by atoms with E-state index in [0.29, 0.717) is 22.3 Å². The van der Waals surface area contributed by atoms with Crippen molar-refractivity contribution in [2.45, 2.75) is 26.3 Å². The molecular weight excluding hydrogens is 318 g/mol. The highest BCUT2D eigenvalue weighted by molar-refractivity contribution is 6.07. The van der Waals surface area contributed by atoms with Crippen LogP contribution in [0.15, 0.2) is 47.6 Å². The first kappa shape index (κ1) is 16.7. The molecule has 0 spiro atoms. The van der Waals surface area contributed by atoms with Crippen molar-refractivity contribution in [2.75, 3.05) is 0 Å². The summed E-state index contributed by atoms with van der Waals surface area (Å²) in [5, 5.41) is 17.4. The van der Waals surface area contributed by atoms with Gasteiger partial charge in [0.05, 0.1) is 6.21 Å². The first-order chi connectivity index (χ1) is 11.8. The summed E-state index contributed by atoms with van der Waals surface area (Å²) < 4.78 is 0. The molecule has 1 fully saturated rings. The lowest BCUT2D eigenvalue weighted by molar-refractivity contribution is -0.131. The minimum Gasteiger partial charge on any atom is -0.507 e. The highest BCUT2D eigenvalue weighted by Crippen LogP contribution is 2.29. The zero-order valence-corrected chi connectivity index (χ0v) is 14.3. The predicted molar refractivity (Wildman–Crippen MR) is 94.3 cm³/mol. The van der Waals surface area contributed by atoms with Crippen LogP contribution in [0, 0.1) is 13.8 Å². The highest BCUT2D eigenvalue weighted by Gasteiger charge is 2.49. The van der Waals surface area contributed by atoms with Gasteiger partial charge < -0.3 is 10.4 Å². The molecule has 6 nitrogen and oxygen atoms in total. The molecule has 0 aromatic heterocycles. The first-order valence-corrected chi connectivity index (χ1v) is 7.89. The van der Waals surface area contributed by atoms with E-state index < -0.39 is 17.5 Å². The van der Waals surface area contributed by atoms with Gasteiger partial charge in [-0.1, -0.05) is 30.3 Å². The second kappa shape index (κ2) is 6.05. The maximum absolute atomic E-state index is 12.7. The third-order valence-corrected chi connectivity index (χ3v) is 4.36. The van der Waals surface area contributed by atoms with Crippen LogP contribution >= 0.6 is 0 Å². The molecule has 25 heavy (non-hydrogen) atoms. The second-order valence-electron chi connectivity index (χ2n) is 6.29. The van der Waals surface area contributed by atoms with Gasteiger partial charge in [0, 0.05) is 0 Å². The van der Waals surface area contributed by atoms with Crippen LogP contribution in [0.5, 0.6) is 5.75 Å². The van der Waals surface area contributed by atoms with Gasteiger partial charge in [0.25, 0.3) is 5.91 Å². The number of aromatic hydroxyl groups is 1. The standard InChI is InChI=1S/C19H19N3O3/c1-12-9-14(10-13(2)16(12)23)11-20-22-17(24)19(3,21-18(22)25)15-7-5-4-6-8-15/h4-11,23H,1-3H3,(H,21,25)/b20-11+/t19-/m1/s1. The zero-order chi connectivity index (χ0) is 18.2. The van der Waals surface area contributed by atoms with Crippen LogP contribution in [-0.4, -0.2) is 28.3 Å². The molecule has 3 amide bonds. The van der Waals surface area contributed by atoms with E-state index in [0.717, 1.165) is 5.01 Å². The molecule has 128 valence electrons. The number of amides is 3. The Balaban J connectivity index is 1.89. The third kappa shape index (κ3) is 2.87. The summed E-state index contributed by atoms with van der Waals surface area (Å²) in [5.74, 6) is -0.212. The van der Waals surface area contributed by atoms with Gasteiger partial charge in [0.2, 0.25) is 0 Å². The fraction of sp³-hybridized carbons (Fsp3) is 0.211. The Labute approximate surface area is 145 Å². The summed E-state index contributed by atoms with van der Waals surface area (Å²) in [6.45, 7) is 5.21. The molecule has 0 saturated carbocycles. The molecule has 0 aliphatic carbocycles. The minimum absolute atomic E-state index is 0.226. The van der Waals surface area contributed by atoms with E-state index in [4.69, 9.17) is 0 Å². The van der Waals surface area contributed by atoms with Gasteiger partial charge in [-0.25, -0.2) is 4.79 Å². The van der Waals surface area contributed by atoms with Gasteiger partial charge in [0.1, 0.15) is 11.3 Å². The van der Waals surface area contributed by atoms with Crippen LogP contribution in [-0.2, 0) is 10.3 Å². The maximum atomic E-state index is 12.7. The minimum atomic E-state index is -1.14. The number of nitrogens with zero attached hydrogens (tertiary/aromatic N) is 2. The Hall–Kier alpha value is -3.15. The van der Waals surface area contributed by atoms with Crippen molar-refractivity contribution in [1.82, 2.24) is 10.3 Å². The Kier molecular flexibility index (Phi) is 4.04. The van der Waals surface area contributed by atoms with Gasteiger partial charge in [-0.05, 0) is 55.2 Å². The largest absolute Gasteiger partial charge is 0.507 e. The summed E-state index contributed by atoms with van der Waals surface area (Å²) in [6.07, 6.45) is 1.44. The van der Waals surface area contributed by atoms with Crippen LogP contribution in [0.3, 0.4) is 0 Å². The molecule has 2 aromatic carbocycles. The van der Waals surface area contributed by atoms with E-state index in [1.54, 1.807) is 45.0 Å². The SMILES string of the molecule is Cc1cc(/C=N/N2C(=O)N[C@](C)(c3ccccc3)C2=O)cc(C)c1O. The number of carbonyl (C=O) groups is 2. The van der Waals surface area contributed by atoms with Gasteiger partial charge >= 0.3 is 6.03 Å². The number of phenols is 1. The van der Waals surface area contributed by atoms with Crippen molar-refractivity contribution in [1.29, 1.82) is 0 Å². The zero-order valence-electron chi connectivity index (χ0n) is 14.3. The van der Waals surface area contributed by atoms with E-state index in [9.17, 15) is 14.7 Å². The van der Waals surface area contributed by atoms with Gasteiger partial charge in [0.15, 0.2) is 0 Å². The van der Waals surface area contributed by atoms with Crippen LogP contribution in [0.25, 0.3) is 0 Å². The van der Waals surface area contributed by atoms with Gasteiger partial charge in [-0.2, -0.15) is 5.10 Å². The number of urea groups is 1. The summed E-state index contributed by atoms with van der Waals surface area (Å²) in [6, 6.07) is 12.0. The first-order valence-electron chi connectivity index (χ1n) is 7.89. The molecule has 0 bridgehead atoms. The van der Waals surface area contributed by atoms with E-state index in [-0.39, 0.29) is 5.75 Å². The number of rotatable bonds is 3. The summed E-state index contributed by atoms with van der Waals surface area (Å²) in [7, 11) is 0. The van der Waals surface area contributed by atoms with Crippen molar-refractivity contribution in [3.05, 3.63) is 64.7 Å². The number of imide groups is 1. The van der Waals surface area contributed by atoms with Crippen molar-refractivity contribution in [3.63, 3.8) is 0 Å². The molecule has 1 aliphatic heterocycles. The molecule has 6 heteroatoms. The summed E-state index contributed by atoms with van der Waals surface area (Å²) in [4.78, 5) is 25.0.